The molecule has 1 aliphatic rings. The quantitative estimate of drug-likeness (QED) is 0.357. The van der Waals surface area contributed by atoms with Gasteiger partial charge in [0.05, 0.1) is 18.2 Å². The van der Waals surface area contributed by atoms with Crippen LogP contribution in [-0.4, -0.2) is 41.8 Å². The fourth-order valence-electron chi connectivity index (χ4n) is 4.72. The first-order chi connectivity index (χ1) is 15.7. The minimum absolute atomic E-state index is 0.310. The first kappa shape index (κ1) is 22.0. The van der Waals surface area contributed by atoms with Crippen LogP contribution in [0.4, 0.5) is 0 Å². The van der Waals surface area contributed by atoms with Crippen molar-refractivity contribution in [2.24, 2.45) is 0 Å². The number of piperidine rings is 1. The van der Waals surface area contributed by atoms with Gasteiger partial charge in [0, 0.05) is 19.2 Å². The Hall–Kier alpha value is -3.21. The number of nitrogens with zero attached hydrogens (tertiary/aromatic N) is 1. The van der Waals surface area contributed by atoms with Crippen molar-refractivity contribution in [2.75, 3.05) is 19.7 Å². The Morgan fingerprint density at radius 2 is 1.41 bits per heavy atom. The van der Waals surface area contributed by atoms with Crippen LogP contribution < -0.4 is 0 Å². The molecule has 0 unspecified atom stereocenters. The van der Waals surface area contributed by atoms with Gasteiger partial charge in [0.2, 0.25) is 0 Å². The number of likely N-dealkylation sites (tertiary alicyclic amines) is 1. The molecule has 3 aromatic carbocycles. The van der Waals surface area contributed by atoms with Gasteiger partial charge in [-0.25, -0.2) is 4.79 Å². The number of hydrogen-bond donors (Lipinski definition) is 1. The van der Waals surface area contributed by atoms with Crippen molar-refractivity contribution < 1.29 is 14.6 Å². The van der Waals surface area contributed by atoms with Crippen LogP contribution in [0.15, 0.2) is 103 Å². The van der Waals surface area contributed by atoms with Gasteiger partial charge in [-0.1, -0.05) is 91.0 Å². The van der Waals surface area contributed by atoms with Gasteiger partial charge in [0.25, 0.3) is 0 Å². The zero-order valence-electron chi connectivity index (χ0n) is 18.4. The van der Waals surface area contributed by atoms with Crippen LogP contribution in [0.3, 0.4) is 0 Å². The number of ether oxygens (including phenoxy) is 1. The zero-order chi connectivity index (χ0) is 22.4. The normalized spacial score (nSPS) is 18.4. The number of aliphatic hydroxyl groups is 1. The number of benzene rings is 3. The molecule has 1 fully saturated rings. The Kier molecular flexibility index (Phi) is 6.84. The number of carbonyl (C=O) groups excluding carboxylic acids is 1. The number of esters is 1. The average molecular weight is 428 g/mol. The van der Waals surface area contributed by atoms with E-state index in [1.54, 1.807) is 6.92 Å². The van der Waals surface area contributed by atoms with Crippen molar-refractivity contribution in [2.45, 2.75) is 25.0 Å². The van der Waals surface area contributed by atoms with E-state index in [9.17, 15) is 9.90 Å². The highest BCUT2D eigenvalue weighted by molar-refractivity contribution is 5.83. The zero-order valence-corrected chi connectivity index (χ0v) is 18.4. The van der Waals surface area contributed by atoms with Crippen molar-refractivity contribution in [3.63, 3.8) is 0 Å². The topological polar surface area (TPSA) is 49.8 Å². The van der Waals surface area contributed by atoms with E-state index in [2.05, 4.69) is 77.7 Å². The van der Waals surface area contributed by atoms with Crippen LogP contribution in [0.5, 0.6) is 0 Å². The maximum atomic E-state index is 12.2. The van der Waals surface area contributed by atoms with Crippen molar-refractivity contribution in [1.82, 2.24) is 4.90 Å². The van der Waals surface area contributed by atoms with Crippen molar-refractivity contribution >= 4 is 5.97 Å². The molecule has 0 radical (unpaired) electrons. The van der Waals surface area contributed by atoms with Gasteiger partial charge in [0.15, 0.2) is 0 Å². The predicted octanol–water partition coefficient (Wildman–Crippen LogP) is 4.53. The monoisotopic (exact) mass is 427 g/mol. The molecular formula is C28H29NO3. The summed E-state index contributed by atoms with van der Waals surface area (Å²) in [5, 5.41) is 10.7. The van der Waals surface area contributed by atoms with E-state index in [4.69, 9.17) is 4.74 Å². The van der Waals surface area contributed by atoms with Gasteiger partial charge in [0.1, 0.15) is 0 Å². The summed E-state index contributed by atoms with van der Waals surface area (Å²) >= 11 is 0. The predicted molar refractivity (Wildman–Crippen MR) is 126 cm³/mol. The summed E-state index contributed by atoms with van der Waals surface area (Å²) in [6.07, 6.45) is 1.35. The van der Waals surface area contributed by atoms with E-state index in [-0.39, 0.29) is 0 Å². The summed E-state index contributed by atoms with van der Waals surface area (Å²) in [4.78, 5) is 14.6. The summed E-state index contributed by atoms with van der Waals surface area (Å²) in [5.74, 6) is -0.409. The van der Waals surface area contributed by atoms with Gasteiger partial charge in [-0.15, -0.1) is 0 Å². The SMILES string of the molecule is CCOC(=O)/C=C1\CN(C(c2ccccc2)(c2ccccc2)c2ccccc2)CC[C@@H]1O. The molecule has 1 aliphatic heterocycles. The molecule has 1 N–H and O–H groups in total. The first-order valence-corrected chi connectivity index (χ1v) is 11.1. The highest BCUT2D eigenvalue weighted by Gasteiger charge is 2.44. The molecule has 0 aromatic heterocycles. The standard InChI is InChI=1S/C28H29NO3/c1-2-32-27(31)20-22-21-29(19-18-26(22)30)28(23-12-6-3-7-13-23,24-14-8-4-9-15-24)25-16-10-5-11-17-25/h3-17,20,26,30H,2,18-19,21H2,1H3/b22-20+/t26-/m0/s1. The fourth-order valence-corrected chi connectivity index (χ4v) is 4.72. The third-order valence-electron chi connectivity index (χ3n) is 6.11. The molecule has 164 valence electrons. The van der Waals surface area contributed by atoms with Crippen LogP contribution in [0.2, 0.25) is 0 Å². The average Bonchev–Trinajstić information content (AvgIpc) is 2.84. The molecule has 4 heteroatoms. The minimum atomic E-state index is -0.657. The van der Waals surface area contributed by atoms with Crippen LogP contribution in [0.1, 0.15) is 30.0 Å². The number of hydrogen-bond acceptors (Lipinski definition) is 4. The molecule has 32 heavy (non-hydrogen) atoms. The maximum absolute atomic E-state index is 12.2. The lowest BCUT2D eigenvalue weighted by Gasteiger charge is -2.48. The molecular weight excluding hydrogens is 398 g/mol. The van der Waals surface area contributed by atoms with E-state index >= 15 is 0 Å². The fraction of sp³-hybridized carbons (Fsp3) is 0.250. The van der Waals surface area contributed by atoms with E-state index in [0.717, 1.165) is 16.7 Å². The smallest absolute Gasteiger partial charge is 0.330 e. The van der Waals surface area contributed by atoms with Gasteiger partial charge < -0.3 is 9.84 Å². The Morgan fingerprint density at radius 1 is 0.938 bits per heavy atom. The molecule has 0 amide bonds. The van der Waals surface area contributed by atoms with Crippen LogP contribution in [-0.2, 0) is 15.1 Å². The van der Waals surface area contributed by atoms with Gasteiger partial charge in [-0.2, -0.15) is 0 Å². The lowest BCUT2D eigenvalue weighted by molar-refractivity contribution is -0.137. The Balaban J connectivity index is 1.91. The molecule has 0 saturated carbocycles. The second-order valence-electron chi connectivity index (χ2n) is 8.01. The van der Waals surface area contributed by atoms with Crippen molar-refractivity contribution in [1.29, 1.82) is 0 Å². The van der Waals surface area contributed by atoms with Crippen molar-refractivity contribution in [3.05, 3.63) is 119 Å². The Bertz CT molecular complexity index is 951. The lowest BCUT2D eigenvalue weighted by Crippen LogP contribution is -2.53. The second-order valence-corrected chi connectivity index (χ2v) is 8.01. The molecule has 0 spiro atoms. The van der Waals surface area contributed by atoms with Crippen LogP contribution in [0, 0.1) is 0 Å². The third-order valence-corrected chi connectivity index (χ3v) is 6.11. The van der Waals surface area contributed by atoms with Gasteiger partial charge in [-0.05, 0) is 35.6 Å². The lowest BCUT2D eigenvalue weighted by atomic mass is 9.74. The summed E-state index contributed by atoms with van der Waals surface area (Å²) in [7, 11) is 0. The third kappa shape index (κ3) is 4.24. The second kappa shape index (κ2) is 9.94. The van der Waals surface area contributed by atoms with E-state index < -0.39 is 17.6 Å². The number of aliphatic hydroxyl groups excluding tert-OH is 1. The van der Waals surface area contributed by atoms with E-state index in [1.807, 2.05) is 18.2 Å². The molecule has 4 nitrogen and oxygen atoms in total. The summed E-state index contributed by atoms with van der Waals surface area (Å²) in [6.45, 7) is 3.23. The number of rotatable bonds is 6. The van der Waals surface area contributed by atoms with Crippen LogP contribution >= 0.6 is 0 Å². The Morgan fingerprint density at radius 3 is 1.84 bits per heavy atom. The molecule has 3 aromatic rings. The largest absolute Gasteiger partial charge is 0.463 e. The first-order valence-electron chi connectivity index (χ1n) is 11.1. The molecule has 4 rings (SSSR count). The molecule has 1 saturated heterocycles. The van der Waals surface area contributed by atoms with E-state index in [1.165, 1.54) is 6.08 Å². The summed E-state index contributed by atoms with van der Waals surface area (Å²) in [5.41, 5.74) is 3.54. The molecule has 1 heterocycles. The highest BCUT2D eigenvalue weighted by Crippen LogP contribution is 2.44. The number of carbonyl (C=O) groups is 1. The summed E-state index contributed by atoms with van der Waals surface area (Å²) in [6, 6.07) is 31.3. The Labute approximate surface area is 189 Å². The molecule has 1 atom stereocenters. The maximum Gasteiger partial charge on any atom is 0.330 e. The van der Waals surface area contributed by atoms with Gasteiger partial charge in [-0.3, -0.25) is 4.90 Å². The van der Waals surface area contributed by atoms with E-state index in [0.29, 0.717) is 31.7 Å². The molecule has 0 bridgehead atoms. The highest BCUT2D eigenvalue weighted by atomic mass is 16.5. The van der Waals surface area contributed by atoms with Crippen molar-refractivity contribution in [3.8, 4) is 0 Å². The van der Waals surface area contributed by atoms with Crippen LogP contribution in [0.25, 0.3) is 0 Å². The van der Waals surface area contributed by atoms with Gasteiger partial charge >= 0.3 is 5.97 Å². The summed E-state index contributed by atoms with van der Waals surface area (Å²) < 4.78 is 5.12. The molecule has 0 aliphatic carbocycles. The minimum Gasteiger partial charge on any atom is -0.463 e.